The van der Waals surface area contributed by atoms with E-state index in [4.69, 9.17) is 14.2 Å². The minimum atomic E-state index is -0.151. The van der Waals surface area contributed by atoms with E-state index < -0.39 is 0 Å². The van der Waals surface area contributed by atoms with Crippen LogP contribution in [-0.2, 0) is 0 Å². The highest BCUT2D eigenvalue weighted by Gasteiger charge is 2.26. The molecule has 0 spiro atoms. The molecule has 0 aliphatic carbocycles. The van der Waals surface area contributed by atoms with Crippen molar-refractivity contribution in [2.75, 3.05) is 13.7 Å². The van der Waals surface area contributed by atoms with Crippen LogP contribution in [0.2, 0.25) is 0 Å². The Morgan fingerprint density at radius 3 is 2.52 bits per heavy atom. The molecule has 144 valence electrons. The SMILES string of the molecule is COc1ccc(C(=O)COc2cccc(/C=C3\Oc4ccccc4C3=O)c2)cc1. The standard InChI is InChI=1S/C24H18O5/c1-27-18-11-9-17(10-12-18)21(25)15-28-19-6-4-5-16(13-19)14-23-24(26)20-7-2-3-8-22(20)29-23/h2-14H,15H2,1H3/b23-14-. The number of carbonyl (C=O) groups excluding carboxylic acids is 2. The Kier molecular flexibility index (Phi) is 5.12. The van der Waals surface area contributed by atoms with Crippen molar-refractivity contribution in [3.63, 3.8) is 0 Å². The molecule has 3 aromatic carbocycles. The highest BCUT2D eigenvalue weighted by atomic mass is 16.5. The lowest BCUT2D eigenvalue weighted by molar-refractivity contribution is 0.0921. The fourth-order valence-corrected chi connectivity index (χ4v) is 2.99. The lowest BCUT2D eigenvalue weighted by Gasteiger charge is -2.07. The summed E-state index contributed by atoms with van der Waals surface area (Å²) in [5.74, 6) is 1.75. The van der Waals surface area contributed by atoms with E-state index in [9.17, 15) is 9.59 Å². The number of methoxy groups -OCH3 is 1. The van der Waals surface area contributed by atoms with Gasteiger partial charge in [-0.25, -0.2) is 0 Å². The van der Waals surface area contributed by atoms with Crippen molar-refractivity contribution in [2.45, 2.75) is 0 Å². The summed E-state index contributed by atoms with van der Waals surface area (Å²) in [6.45, 7) is -0.0901. The van der Waals surface area contributed by atoms with Crippen molar-refractivity contribution in [1.82, 2.24) is 0 Å². The summed E-state index contributed by atoms with van der Waals surface area (Å²) in [6.07, 6.45) is 1.67. The summed E-state index contributed by atoms with van der Waals surface area (Å²) >= 11 is 0. The Bertz CT molecular complexity index is 1100. The van der Waals surface area contributed by atoms with Crippen LogP contribution < -0.4 is 14.2 Å². The molecule has 0 aromatic heterocycles. The monoisotopic (exact) mass is 386 g/mol. The second kappa shape index (κ2) is 8.02. The molecule has 0 saturated heterocycles. The lowest BCUT2D eigenvalue weighted by Crippen LogP contribution is -2.11. The minimum absolute atomic E-state index is 0.0901. The molecule has 0 radical (unpaired) electrons. The molecular weight excluding hydrogens is 368 g/mol. The summed E-state index contributed by atoms with van der Waals surface area (Å²) in [4.78, 5) is 24.7. The van der Waals surface area contributed by atoms with Crippen molar-refractivity contribution >= 4 is 17.6 Å². The topological polar surface area (TPSA) is 61.8 Å². The van der Waals surface area contributed by atoms with Gasteiger partial charge in [-0.1, -0.05) is 24.3 Å². The number of para-hydroxylation sites is 1. The lowest BCUT2D eigenvalue weighted by atomic mass is 10.1. The van der Waals surface area contributed by atoms with Crippen molar-refractivity contribution in [3.05, 3.63) is 95.2 Å². The highest BCUT2D eigenvalue weighted by Crippen LogP contribution is 2.31. The van der Waals surface area contributed by atoms with Crippen molar-refractivity contribution in [3.8, 4) is 17.2 Å². The Labute approximate surface area is 168 Å². The smallest absolute Gasteiger partial charge is 0.231 e. The maximum atomic E-state index is 12.4. The predicted molar refractivity (Wildman–Crippen MR) is 109 cm³/mol. The zero-order valence-corrected chi connectivity index (χ0v) is 15.8. The van der Waals surface area contributed by atoms with Crippen LogP contribution in [0.1, 0.15) is 26.3 Å². The van der Waals surface area contributed by atoms with E-state index in [0.717, 1.165) is 5.56 Å². The van der Waals surface area contributed by atoms with Crippen LogP contribution in [0.3, 0.4) is 0 Å². The molecule has 5 nitrogen and oxygen atoms in total. The summed E-state index contributed by atoms with van der Waals surface area (Å²) in [5, 5.41) is 0. The maximum Gasteiger partial charge on any atom is 0.231 e. The molecule has 0 N–H and O–H groups in total. The van der Waals surface area contributed by atoms with Gasteiger partial charge in [-0.15, -0.1) is 0 Å². The number of hydrogen-bond donors (Lipinski definition) is 0. The fourth-order valence-electron chi connectivity index (χ4n) is 2.99. The van der Waals surface area contributed by atoms with Gasteiger partial charge in [-0.05, 0) is 60.2 Å². The van der Waals surface area contributed by atoms with Crippen LogP contribution in [0, 0.1) is 0 Å². The molecule has 5 heteroatoms. The Morgan fingerprint density at radius 2 is 1.76 bits per heavy atom. The normalized spacial score (nSPS) is 13.7. The molecule has 1 heterocycles. The van der Waals surface area contributed by atoms with Gasteiger partial charge in [-0.3, -0.25) is 9.59 Å². The molecule has 0 fully saturated rings. The second-order valence-electron chi connectivity index (χ2n) is 6.45. The van der Waals surface area contributed by atoms with Crippen LogP contribution in [0.25, 0.3) is 6.08 Å². The van der Waals surface area contributed by atoms with Gasteiger partial charge in [0.15, 0.2) is 18.1 Å². The Balaban J connectivity index is 1.44. The first-order chi connectivity index (χ1) is 14.1. The van der Waals surface area contributed by atoms with Crippen LogP contribution in [0.4, 0.5) is 0 Å². The van der Waals surface area contributed by atoms with Gasteiger partial charge in [0, 0.05) is 5.56 Å². The third kappa shape index (κ3) is 4.04. The Morgan fingerprint density at radius 1 is 0.966 bits per heavy atom. The summed E-state index contributed by atoms with van der Waals surface area (Å²) in [7, 11) is 1.57. The molecular formula is C24H18O5. The molecule has 0 atom stereocenters. The number of rotatable bonds is 6. The number of Topliss-reactive ketones (excluding diaryl/α,β-unsaturated/α-hetero) is 2. The van der Waals surface area contributed by atoms with Crippen molar-refractivity contribution in [1.29, 1.82) is 0 Å². The molecule has 4 rings (SSSR count). The first kappa shape index (κ1) is 18.5. The van der Waals surface area contributed by atoms with Gasteiger partial charge >= 0.3 is 0 Å². The van der Waals surface area contributed by atoms with E-state index in [1.165, 1.54) is 0 Å². The molecule has 0 amide bonds. The second-order valence-corrected chi connectivity index (χ2v) is 6.45. The number of ketones is 2. The van der Waals surface area contributed by atoms with Crippen molar-refractivity contribution in [2.24, 2.45) is 0 Å². The number of hydrogen-bond acceptors (Lipinski definition) is 5. The van der Waals surface area contributed by atoms with E-state index in [1.54, 1.807) is 73.8 Å². The van der Waals surface area contributed by atoms with Crippen LogP contribution >= 0.6 is 0 Å². The van der Waals surface area contributed by atoms with Gasteiger partial charge in [0.05, 0.1) is 12.7 Å². The van der Waals surface area contributed by atoms with Crippen LogP contribution in [0.15, 0.2) is 78.6 Å². The fraction of sp³-hybridized carbons (Fsp3) is 0.0833. The van der Waals surface area contributed by atoms with E-state index in [0.29, 0.717) is 28.4 Å². The summed E-state index contributed by atoms with van der Waals surface area (Å²) in [6, 6.07) is 21.1. The predicted octanol–water partition coefficient (Wildman–Crippen LogP) is 4.57. The Hall–Kier alpha value is -3.86. The van der Waals surface area contributed by atoms with Crippen LogP contribution in [-0.4, -0.2) is 25.3 Å². The third-order valence-electron chi connectivity index (χ3n) is 4.51. The van der Waals surface area contributed by atoms with Gasteiger partial charge in [0.2, 0.25) is 5.78 Å². The van der Waals surface area contributed by atoms with Gasteiger partial charge in [0.1, 0.15) is 17.2 Å². The van der Waals surface area contributed by atoms with E-state index in [-0.39, 0.29) is 23.9 Å². The average molecular weight is 386 g/mol. The molecule has 3 aromatic rings. The molecule has 29 heavy (non-hydrogen) atoms. The van der Waals surface area contributed by atoms with E-state index >= 15 is 0 Å². The van der Waals surface area contributed by atoms with Crippen molar-refractivity contribution < 1.29 is 23.8 Å². The zero-order chi connectivity index (χ0) is 20.2. The molecule has 0 unspecified atom stereocenters. The molecule has 1 aliphatic heterocycles. The third-order valence-corrected chi connectivity index (χ3v) is 4.51. The number of benzene rings is 3. The molecule has 0 bridgehead atoms. The zero-order valence-electron chi connectivity index (χ0n) is 15.8. The van der Waals surface area contributed by atoms with E-state index in [1.807, 2.05) is 12.1 Å². The largest absolute Gasteiger partial charge is 0.497 e. The van der Waals surface area contributed by atoms with E-state index in [2.05, 4.69) is 0 Å². The number of allylic oxidation sites excluding steroid dienone is 1. The first-order valence-electron chi connectivity index (χ1n) is 9.07. The quantitative estimate of drug-likeness (QED) is 0.459. The number of ether oxygens (including phenoxy) is 3. The first-order valence-corrected chi connectivity index (χ1v) is 9.07. The average Bonchev–Trinajstić information content (AvgIpc) is 3.08. The van der Waals surface area contributed by atoms with Crippen LogP contribution in [0.5, 0.6) is 17.2 Å². The number of fused-ring (bicyclic) bond motifs is 1. The minimum Gasteiger partial charge on any atom is -0.497 e. The highest BCUT2D eigenvalue weighted by molar-refractivity contribution is 6.14. The summed E-state index contributed by atoms with van der Waals surface area (Å²) in [5.41, 5.74) is 1.85. The molecule has 0 saturated carbocycles. The van der Waals surface area contributed by atoms with Gasteiger partial charge in [-0.2, -0.15) is 0 Å². The summed E-state index contributed by atoms with van der Waals surface area (Å²) < 4.78 is 16.4. The maximum absolute atomic E-state index is 12.4. The van der Waals surface area contributed by atoms with Gasteiger partial charge in [0.25, 0.3) is 0 Å². The van der Waals surface area contributed by atoms with Gasteiger partial charge < -0.3 is 14.2 Å². The number of carbonyl (C=O) groups is 2. The molecule has 1 aliphatic rings.